The van der Waals surface area contributed by atoms with Gasteiger partial charge in [0.15, 0.2) is 11.6 Å². The zero-order valence-electron chi connectivity index (χ0n) is 85.1. The summed E-state index contributed by atoms with van der Waals surface area (Å²) >= 11 is 31.6. The van der Waals surface area contributed by atoms with Crippen LogP contribution in [0, 0.1) is 65.6 Å². The fourth-order valence-corrected chi connectivity index (χ4v) is 14.8. The second kappa shape index (κ2) is 70.5. The maximum absolute atomic E-state index is 14.7. The Morgan fingerprint density at radius 3 is 1.23 bits per heavy atom. The SMILES string of the molecule is CC(C)(C)OC(=O)N1CCC[C@@H](C(=O)c2cccc(Cl)c2F)C1.CC(C)(C)OC(=O)N1CCC[C@@H](C(O)c2cccc(Cl)c2F)C1.CCOC(=O)CBr.CCOC(=O)COC(c1cccc(Cl)c1F)[C@@H]1CCCN(C(=O)OC(C)(C)C)C1.CNC(=O)[C@@H]1CCCN(C(=O)OC(C)(C)C)C1.CO.Fc1ccccc1Cl.NC(=O)COC(c1cccc(Cl)c1F)[C@@H]1CCCNC1.[B].[CH2-]CCC.[H-].[H-].[Li+].[Na+].[Na+]. The first-order chi connectivity index (χ1) is 62.4. The predicted octanol–water partition coefficient (Wildman–Crippen LogP) is 12.1. The minimum Gasteiger partial charge on any atom is -1.00 e. The van der Waals surface area contributed by atoms with Crippen molar-refractivity contribution < 1.29 is 194 Å². The molecule has 0 spiro atoms. The van der Waals surface area contributed by atoms with Crippen molar-refractivity contribution in [3.8, 4) is 0 Å². The van der Waals surface area contributed by atoms with Crippen molar-refractivity contribution in [1.29, 1.82) is 0 Å². The summed E-state index contributed by atoms with van der Waals surface area (Å²) in [5, 5.41) is 23.8. The zero-order chi connectivity index (χ0) is 101. The summed E-state index contributed by atoms with van der Waals surface area (Å²) in [7, 11) is 2.62. The van der Waals surface area contributed by atoms with E-state index in [2.05, 4.69) is 45.1 Å². The average molecular weight is 2110 g/mol. The van der Waals surface area contributed by atoms with Gasteiger partial charge in [-0.3, -0.25) is 19.2 Å². The Balaban J connectivity index is -0.000000508. The van der Waals surface area contributed by atoms with Gasteiger partial charge < -0.3 is 93.9 Å². The number of carbonyl (C=O) groups excluding carboxylic acids is 9. The number of ether oxygens (including phenoxy) is 8. The van der Waals surface area contributed by atoms with Crippen molar-refractivity contribution in [3.63, 3.8) is 0 Å². The molecule has 755 valence electrons. The Hall–Kier alpha value is -5.23. The van der Waals surface area contributed by atoms with Crippen LogP contribution in [0.2, 0.25) is 25.1 Å². The Morgan fingerprint density at radius 2 is 0.854 bits per heavy atom. The molecule has 0 bridgehead atoms. The van der Waals surface area contributed by atoms with Crippen LogP contribution in [0.25, 0.3) is 0 Å². The molecular weight excluding hydrogens is 1970 g/mol. The number of Topliss-reactive ketones (excluding diaryl/α,β-unsaturated/α-hetero) is 1. The summed E-state index contributed by atoms with van der Waals surface area (Å²) in [6, 6.07) is 24.6. The molecule has 5 heterocycles. The number of aliphatic hydroxyl groups is 2. The summed E-state index contributed by atoms with van der Waals surface area (Å²) in [6.45, 7) is 36.4. The zero-order valence-corrected chi connectivity index (χ0v) is 92.5. The number of halogens is 11. The number of piperidine rings is 5. The predicted molar refractivity (Wildman–Crippen MR) is 518 cm³/mol. The molecule has 3 unspecified atom stereocenters. The number of carbonyl (C=O) groups is 9. The van der Waals surface area contributed by atoms with Crippen LogP contribution in [0.5, 0.6) is 0 Å². The molecule has 5 aliphatic heterocycles. The smallest absolute Gasteiger partial charge is 1.00 e. The maximum Gasteiger partial charge on any atom is 1.00 e. The van der Waals surface area contributed by atoms with Crippen LogP contribution in [-0.2, 0) is 57.1 Å². The summed E-state index contributed by atoms with van der Waals surface area (Å²) < 4.78 is 111. The molecule has 5 saturated heterocycles. The number of nitrogens with one attached hydrogen (secondary N) is 2. The second-order valence-corrected chi connectivity index (χ2v) is 37.8. The van der Waals surface area contributed by atoms with Gasteiger partial charge in [-0.25, -0.2) is 45.9 Å². The molecule has 41 heteroatoms. The van der Waals surface area contributed by atoms with E-state index in [1.165, 1.54) is 59.9 Å². The maximum atomic E-state index is 14.7. The van der Waals surface area contributed by atoms with Gasteiger partial charge in [0, 0.05) is 122 Å². The third kappa shape index (κ3) is 52.7. The monoisotopic (exact) mass is 2110 g/mol. The Bertz CT molecular complexity index is 4430. The molecular formula is C96H139BBrCl5F5LiN7Na2O19. The molecule has 6 N–H and O–H groups in total. The molecule has 6 amide bonds. The van der Waals surface area contributed by atoms with Gasteiger partial charge in [-0.15, -0.1) is 0 Å². The van der Waals surface area contributed by atoms with Crippen LogP contribution in [0.15, 0.2) is 97.1 Å². The number of rotatable bonds is 19. The minimum absolute atomic E-state index is 0. The van der Waals surface area contributed by atoms with Crippen LogP contribution in [-0.4, -0.2) is 226 Å². The van der Waals surface area contributed by atoms with E-state index in [0.29, 0.717) is 95.4 Å². The molecule has 5 aliphatic rings. The van der Waals surface area contributed by atoms with E-state index >= 15 is 0 Å². The number of nitrogens with zero attached hydrogens (tertiary/aromatic N) is 4. The van der Waals surface area contributed by atoms with Gasteiger partial charge >= 0.3 is 114 Å². The first-order valence-corrected chi connectivity index (χ1v) is 47.3. The van der Waals surface area contributed by atoms with E-state index in [4.69, 9.17) is 102 Å². The van der Waals surface area contributed by atoms with Crippen LogP contribution < -0.4 is 94.3 Å². The fourth-order valence-electron chi connectivity index (χ4n) is 13.7. The first kappa shape index (κ1) is 136. The number of aliphatic hydroxyl groups excluding tert-OH is 2. The van der Waals surface area contributed by atoms with Gasteiger partial charge in [0.1, 0.15) is 64.2 Å². The van der Waals surface area contributed by atoms with Gasteiger partial charge in [0.05, 0.1) is 68.1 Å². The first-order valence-electron chi connectivity index (χ1n) is 44.3. The molecule has 5 aromatic carbocycles. The summed E-state index contributed by atoms with van der Waals surface area (Å²) in [6.07, 6.45) is 6.16. The molecule has 0 aromatic heterocycles. The molecule has 5 aromatic rings. The van der Waals surface area contributed by atoms with Crippen molar-refractivity contribution in [2.24, 2.45) is 35.3 Å². The Morgan fingerprint density at radius 1 is 0.504 bits per heavy atom. The number of benzene rings is 5. The molecule has 26 nitrogen and oxygen atoms in total. The van der Waals surface area contributed by atoms with E-state index in [0.717, 1.165) is 58.7 Å². The number of hydrogen-bond acceptors (Lipinski definition) is 20. The number of unbranched alkanes of at least 4 members (excludes halogenated alkanes) is 1. The molecule has 137 heavy (non-hydrogen) atoms. The molecule has 5 fully saturated rings. The third-order valence-electron chi connectivity index (χ3n) is 19.8. The molecule has 0 aliphatic carbocycles. The van der Waals surface area contributed by atoms with Gasteiger partial charge in [0.25, 0.3) is 0 Å². The van der Waals surface area contributed by atoms with Gasteiger partial charge in [-0.05, 0) is 210 Å². The van der Waals surface area contributed by atoms with Crippen molar-refractivity contribution in [1.82, 2.24) is 30.2 Å². The van der Waals surface area contributed by atoms with E-state index in [1.807, 2.05) is 41.5 Å². The van der Waals surface area contributed by atoms with E-state index in [-0.39, 0.29) is 211 Å². The standard InChI is InChI=1S/C21H29ClFNO5.C17H23ClFNO3.C17H21ClFNO3.C14H18ClFN2O2.C12H22N2O3.C6H4ClF.C4H7BrO2.C4H9.CH4O.B.Li.2Na.2H/c1-5-27-17(25)13-28-19(15-9-6-10-16(22)18(15)23)14-8-7-11-24(12-14)20(26)29-21(2,3)4;2*1-17(2,3)23-16(22)20-9-5-6-11(10-20)15(21)12-7-4-8-13(18)14(12)19;15-11-5-1-4-10(13(11)16)14(20-8-12(17)19)9-3-2-6-18-7-9;1-12(2,3)17-11(16)14-7-5-6-9(8-14)10(15)13-4;7-5-3-1-2-4-6(5)8;1-2-7-4(6)3-5;1-3-4-2;1-2;;;;;;/h6,9-10,14,19H,5,7-8,11-13H2,1-4H3;4,7-8,11,15,21H,5-6,9-10H2,1-3H3;4,7-8,11H,5-6,9-10H2,1-3H3;1,4-5,9,14,18H,2-3,6-8H2,(H2,17,19);9H,5-8H2,1-4H3,(H,13,15);1-4H;2-3H2,1H3;1,3-4H2,2H3;2H,1H3;;;;;;/q;;;;;;;-1;;;3*+1;2*-1/t14-,19?;11-,15?;11-;9-,14?;9-;;;;;;;;;;/m11111........../s1. The van der Waals surface area contributed by atoms with E-state index < -0.39 is 100 Å². The van der Waals surface area contributed by atoms with Gasteiger partial charge in [-0.2, -0.15) is 6.42 Å². The number of likely N-dealkylation sites (tertiary alicyclic amines) is 4. The van der Waals surface area contributed by atoms with Gasteiger partial charge in [-0.1, -0.05) is 142 Å². The summed E-state index contributed by atoms with van der Waals surface area (Å²) in [5.74, 6) is -5.30. The molecule has 0 saturated carbocycles. The van der Waals surface area contributed by atoms with E-state index in [1.54, 1.807) is 126 Å². The topological polar surface area (TPSA) is 331 Å². The number of alkyl halides is 1. The Labute approximate surface area is 901 Å². The van der Waals surface area contributed by atoms with Crippen molar-refractivity contribution in [3.05, 3.63) is 180 Å². The van der Waals surface area contributed by atoms with Crippen molar-refractivity contribution >= 4 is 136 Å². The minimum atomic E-state index is -1.00. The van der Waals surface area contributed by atoms with Gasteiger partial charge in [0.2, 0.25) is 11.8 Å². The number of primary amides is 1. The normalized spacial score (nSPS) is 17.2. The summed E-state index contributed by atoms with van der Waals surface area (Å²) in [5.41, 5.74) is 3.66. The molecule has 10 rings (SSSR count). The number of esters is 2. The van der Waals surface area contributed by atoms with Crippen molar-refractivity contribution in [2.75, 3.05) is 111 Å². The number of hydrogen-bond donors (Lipinski definition) is 5. The van der Waals surface area contributed by atoms with E-state index in [9.17, 15) is 70.2 Å². The summed E-state index contributed by atoms with van der Waals surface area (Å²) in [4.78, 5) is 112. The molecule has 3 radical (unpaired) electrons. The average Bonchev–Trinajstić information content (AvgIpc) is 0.774. The number of nitrogens with two attached hydrogens (primary N) is 1. The van der Waals surface area contributed by atoms with Crippen LogP contribution in [0.3, 0.4) is 0 Å². The second-order valence-electron chi connectivity index (χ2n) is 35.2. The van der Waals surface area contributed by atoms with Crippen LogP contribution >= 0.6 is 73.9 Å². The van der Waals surface area contributed by atoms with Crippen LogP contribution in [0.4, 0.5) is 41.1 Å². The number of amides is 6. The van der Waals surface area contributed by atoms with Crippen LogP contribution in [0.1, 0.15) is 229 Å². The van der Waals surface area contributed by atoms with Crippen molar-refractivity contribution in [2.45, 2.75) is 222 Å². The quantitative estimate of drug-likeness (QED) is 0.00975. The largest absolute Gasteiger partial charge is 1.00 e. The third-order valence-corrected chi connectivity index (χ3v) is 21.7. The fraction of sp³-hybridized carbons (Fsp3) is 0.583. The number of ketones is 1. The molecule has 8 atom stereocenters. The Kier molecular flexibility index (Phi) is 69.9.